The number of pyridine rings is 1. The second kappa shape index (κ2) is 9.61. The van der Waals surface area contributed by atoms with E-state index >= 15 is 0 Å². The largest absolute Gasteiger partial charge is 0.393 e. The van der Waals surface area contributed by atoms with E-state index in [1.807, 2.05) is 36.5 Å². The van der Waals surface area contributed by atoms with E-state index in [1.54, 1.807) is 19.0 Å². The number of hydrogen-bond acceptors (Lipinski definition) is 5. The van der Waals surface area contributed by atoms with Crippen LogP contribution < -0.4 is 4.90 Å². The van der Waals surface area contributed by atoms with Crippen LogP contribution in [0.15, 0.2) is 42.6 Å². The van der Waals surface area contributed by atoms with E-state index < -0.39 is 0 Å². The summed E-state index contributed by atoms with van der Waals surface area (Å²) in [7, 11) is 3.50. The molecule has 5 rings (SSSR count). The van der Waals surface area contributed by atoms with Gasteiger partial charge in [-0.3, -0.25) is 9.59 Å². The third-order valence-electron chi connectivity index (χ3n) is 8.17. The number of aromatic nitrogens is 1. The molecular weight excluding hydrogens is 440 g/mol. The normalized spacial score (nSPS) is 26.9. The molecular formula is C28H36N4O3. The first kappa shape index (κ1) is 23.8. The molecule has 186 valence electrons. The molecule has 1 N–H and O–H groups in total. The first-order chi connectivity index (χ1) is 16.9. The lowest BCUT2D eigenvalue weighted by Gasteiger charge is -2.41. The average molecular weight is 477 g/mol. The Labute approximate surface area is 207 Å². The number of aliphatic hydroxyl groups is 1. The van der Waals surface area contributed by atoms with Crippen LogP contribution in [0.5, 0.6) is 0 Å². The lowest BCUT2D eigenvalue weighted by atomic mass is 9.78. The van der Waals surface area contributed by atoms with Crippen molar-refractivity contribution in [1.82, 2.24) is 14.8 Å². The Balaban J connectivity index is 1.26. The van der Waals surface area contributed by atoms with E-state index in [9.17, 15) is 14.7 Å². The lowest BCUT2D eigenvalue weighted by molar-refractivity contribution is -0.139. The maximum atomic E-state index is 13.6. The fourth-order valence-electron chi connectivity index (χ4n) is 6.08. The van der Waals surface area contributed by atoms with Crippen molar-refractivity contribution in [3.8, 4) is 11.1 Å². The van der Waals surface area contributed by atoms with Gasteiger partial charge in [-0.15, -0.1) is 0 Å². The molecule has 2 aromatic rings. The van der Waals surface area contributed by atoms with Gasteiger partial charge in [0, 0.05) is 57.1 Å². The standard InChI is InChI=1S/C28H36N4O3/c1-30(2)26(34)21-6-4-20(5-7-21)22-8-13-25(29-18-22)31-16-3-14-28(19-31)15-17-32(27(28)35)23-9-11-24(33)12-10-23/h4-8,13,18,23-24,33H,3,9-12,14-17,19H2,1-2H3/t23-,24-,28-/m0/s1. The summed E-state index contributed by atoms with van der Waals surface area (Å²) in [6, 6.07) is 12.0. The molecule has 0 radical (unpaired) electrons. The van der Waals surface area contributed by atoms with Gasteiger partial charge >= 0.3 is 0 Å². The van der Waals surface area contributed by atoms with Gasteiger partial charge < -0.3 is 19.8 Å². The van der Waals surface area contributed by atoms with Gasteiger partial charge in [-0.2, -0.15) is 0 Å². The van der Waals surface area contributed by atoms with E-state index in [0.29, 0.717) is 11.5 Å². The predicted octanol–water partition coefficient (Wildman–Crippen LogP) is 3.57. The third-order valence-corrected chi connectivity index (χ3v) is 8.17. The van der Waals surface area contributed by atoms with Crippen molar-refractivity contribution in [3.63, 3.8) is 0 Å². The van der Waals surface area contributed by atoms with Crippen LogP contribution in [0.25, 0.3) is 11.1 Å². The van der Waals surface area contributed by atoms with Crippen molar-refractivity contribution in [1.29, 1.82) is 0 Å². The van der Waals surface area contributed by atoms with Crippen LogP contribution in [-0.4, -0.2) is 77.6 Å². The molecule has 1 aliphatic carbocycles. The predicted molar refractivity (Wildman–Crippen MR) is 136 cm³/mol. The Morgan fingerprint density at radius 1 is 1.00 bits per heavy atom. The number of amides is 2. The zero-order chi connectivity index (χ0) is 24.6. The Hall–Kier alpha value is -2.93. The van der Waals surface area contributed by atoms with Gasteiger partial charge in [0.1, 0.15) is 5.82 Å². The summed E-state index contributed by atoms with van der Waals surface area (Å²) in [6.45, 7) is 2.48. The Kier molecular flexibility index (Phi) is 6.53. The number of nitrogens with zero attached hydrogens (tertiary/aromatic N) is 4. The summed E-state index contributed by atoms with van der Waals surface area (Å²) >= 11 is 0. The number of hydrogen-bond donors (Lipinski definition) is 1. The molecule has 35 heavy (non-hydrogen) atoms. The van der Waals surface area contributed by atoms with E-state index in [-0.39, 0.29) is 23.5 Å². The molecule has 2 amide bonds. The first-order valence-corrected chi connectivity index (χ1v) is 12.9. The lowest BCUT2D eigenvalue weighted by Crippen LogP contribution is -2.50. The molecule has 0 unspecified atom stereocenters. The summed E-state index contributed by atoms with van der Waals surface area (Å²) in [4.78, 5) is 36.5. The van der Waals surface area contributed by atoms with Crippen molar-refractivity contribution in [3.05, 3.63) is 48.2 Å². The minimum absolute atomic E-state index is 0.00912. The van der Waals surface area contributed by atoms with E-state index in [4.69, 9.17) is 4.98 Å². The minimum Gasteiger partial charge on any atom is -0.393 e. The molecule has 1 atom stereocenters. The number of benzene rings is 1. The molecule has 2 saturated heterocycles. The zero-order valence-electron chi connectivity index (χ0n) is 20.8. The second-order valence-electron chi connectivity index (χ2n) is 10.7. The van der Waals surface area contributed by atoms with Gasteiger partial charge in [-0.25, -0.2) is 4.98 Å². The number of carbonyl (C=O) groups is 2. The van der Waals surface area contributed by atoms with Crippen LogP contribution >= 0.6 is 0 Å². The van der Waals surface area contributed by atoms with E-state index in [0.717, 1.165) is 81.5 Å². The molecule has 1 saturated carbocycles. The summed E-state index contributed by atoms with van der Waals surface area (Å²) in [6.07, 6.45) is 7.98. The monoisotopic (exact) mass is 476 g/mol. The highest BCUT2D eigenvalue weighted by Crippen LogP contribution is 2.43. The van der Waals surface area contributed by atoms with Crippen LogP contribution in [-0.2, 0) is 4.79 Å². The second-order valence-corrected chi connectivity index (χ2v) is 10.7. The van der Waals surface area contributed by atoms with Gasteiger partial charge in [0.2, 0.25) is 5.91 Å². The van der Waals surface area contributed by atoms with Gasteiger partial charge in [-0.1, -0.05) is 12.1 Å². The van der Waals surface area contributed by atoms with E-state index in [1.165, 1.54) is 0 Å². The SMILES string of the molecule is CN(C)C(=O)c1ccc(-c2ccc(N3CCC[C@]4(CCN([C@H]5CC[C@H](O)CC5)C4=O)C3)nc2)cc1. The van der Waals surface area contributed by atoms with Crippen molar-refractivity contribution < 1.29 is 14.7 Å². The van der Waals surface area contributed by atoms with Crippen LogP contribution in [0.2, 0.25) is 0 Å². The number of carbonyl (C=O) groups excluding carboxylic acids is 2. The average Bonchev–Trinajstić information content (AvgIpc) is 3.19. The molecule has 3 fully saturated rings. The molecule has 1 aromatic carbocycles. The molecule has 0 bridgehead atoms. The maximum Gasteiger partial charge on any atom is 0.253 e. The van der Waals surface area contributed by atoms with Gasteiger partial charge in [0.05, 0.1) is 11.5 Å². The highest BCUT2D eigenvalue weighted by Gasteiger charge is 2.50. The van der Waals surface area contributed by atoms with Crippen LogP contribution in [0.3, 0.4) is 0 Å². The van der Waals surface area contributed by atoms with Crippen molar-refractivity contribution in [2.45, 2.75) is 57.1 Å². The third kappa shape index (κ3) is 4.66. The van der Waals surface area contributed by atoms with Crippen molar-refractivity contribution in [2.75, 3.05) is 38.6 Å². The van der Waals surface area contributed by atoms with Crippen LogP contribution in [0.4, 0.5) is 5.82 Å². The highest BCUT2D eigenvalue weighted by molar-refractivity contribution is 5.94. The van der Waals surface area contributed by atoms with Gasteiger partial charge in [-0.05, 0) is 74.8 Å². The Morgan fingerprint density at radius 2 is 1.71 bits per heavy atom. The van der Waals surface area contributed by atoms with E-state index in [2.05, 4.69) is 15.9 Å². The smallest absolute Gasteiger partial charge is 0.253 e. The van der Waals surface area contributed by atoms with Crippen LogP contribution in [0.1, 0.15) is 55.3 Å². The fraction of sp³-hybridized carbons (Fsp3) is 0.536. The summed E-state index contributed by atoms with van der Waals surface area (Å²) in [5.41, 5.74) is 2.39. The molecule has 2 aliphatic heterocycles. The van der Waals surface area contributed by atoms with Crippen molar-refractivity contribution in [2.24, 2.45) is 5.41 Å². The topological polar surface area (TPSA) is 77.0 Å². The number of piperidine rings is 1. The zero-order valence-corrected chi connectivity index (χ0v) is 20.8. The summed E-state index contributed by atoms with van der Waals surface area (Å²) in [5.74, 6) is 1.22. The van der Waals surface area contributed by atoms with Crippen molar-refractivity contribution >= 4 is 17.6 Å². The Morgan fingerprint density at radius 3 is 2.37 bits per heavy atom. The molecule has 3 aliphatic rings. The van der Waals surface area contributed by atoms with Gasteiger partial charge in [0.25, 0.3) is 5.91 Å². The molecule has 7 nitrogen and oxygen atoms in total. The molecule has 3 heterocycles. The maximum absolute atomic E-state index is 13.6. The first-order valence-electron chi connectivity index (χ1n) is 12.9. The molecule has 1 aromatic heterocycles. The number of rotatable bonds is 4. The number of likely N-dealkylation sites (tertiary alicyclic amines) is 1. The highest BCUT2D eigenvalue weighted by atomic mass is 16.3. The number of aliphatic hydroxyl groups excluding tert-OH is 1. The van der Waals surface area contributed by atoms with Crippen LogP contribution in [0, 0.1) is 5.41 Å². The number of anilines is 1. The quantitative estimate of drug-likeness (QED) is 0.730. The molecule has 1 spiro atoms. The summed E-state index contributed by atoms with van der Waals surface area (Å²) in [5, 5.41) is 9.85. The minimum atomic E-state index is -0.302. The van der Waals surface area contributed by atoms with Gasteiger partial charge in [0.15, 0.2) is 0 Å². The molecule has 7 heteroatoms. The fourth-order valence-corrected chi connectivity index (χ4v) is 6.08. The summed E-state index contributed by atoms with van der Waals surface area (Å²) < 4.78 is 0. The Bertz CT molecular complexity index is 1060.